The molecule has 0 aliphatic carbocycles. The molecule has 6 heterocycles. The van der Waals surface area contributed by atoms with Crippen LogP contribution in [-0.4, -0.2) is 89.9 Å². The normalized spacial score (nSPS) is 27.0. The van der Waals surface area contributed by atoms with E-state index in [-0.39, 0.29) is 49.7 Å². The summed E-state index contributed by atoms with van der Waals surface area (Å²) in [5.74, 6) is 22.2. The molecule has 0 saturated carbocycles. The van der Waals surface area contributed by atoms with Crippen molar-refractivity contribution in [2.75, 3.05) is 18.9 Å². The van der Waals surface area contributed by atoms with Crippen LogP contribution in [0.25, 0.3) is 11.2 Å². The van der Waals surface area contributed by atoms with Crippen LogP contribution in [0.3, 0.4) is 0 Å². The molecule has 0 radical (unpaired) electrons. The van der Waals surface area contributed by atoms with Gasteiger partial charge in [-0.1, -0.05) is 18.1 Å². The Morgan fingerprint density at radius 1 is 0.857 bits per heavy atom. The Morgan fingerprint density at radius 3 is 2.17 bits per heavy atom. The van der Waals surface area contributed by atoms with Gasteiger partial charge in [0.2, 0.25) is 0 Å². The Hall–Kier alpha value is -7.07. The second-order valence-corrected chi connectivity index (χ2v) is 20.0. The average Bonchev–Trinajstić information content (AvgIpc) is 4.00. The van der Waals surface area contributed by atoms with Gasteiger partial charge in [-0.15, -0.1) is 0 Å². The molecule has 70 heavy (non-hydrogen) atoms. The number of carbonyl (C=O) groups is 1. The summed E-state index contributed by atoms with van der Waals surface area (Å²) in [4.78, 5) is 62.3. The van der Waals surface area contributed by atoms with Gasteiger partial charge in [-0.2, -0.15) is 0 Å². The summed E-state index contributed by atoms with van der Waals surface area (Å²) in [5, 5.41) is 0. The van der Waals surface area contributed by atoms with Gasteiger partial charge in [-0.05, 0) is 83.9 Å². The molecule has 8 rings (SSSR count). The minimum absolute atomic E-state index is 0. The van der Waals surface area contributed by atoms with Gasteiger partial charge in [0.05, 0.1) is 25.1 Å². The third kappa shape index (κ3) is 11.7. The van der Waals surface area contributed by atoms with Gasteiger partial charge in [-0.25, -0.2) is 42.5 Å². The number of esters is 1. The minimum atomic E-state index is -5.26. The number of aromatic nitrogens is 6. The van der Waals surface area contributed by atoms with Crippen molar-refractivity contribution in [3.8, 4) is 70.9 Å². The number of nitrogens with zero attached hydrogens (tertiary/aromatic N) is 5. The summed E-state index contributed by atoms with van der Waals surface area (Å²) >= 11 is 0.565. The summed E-state index contributed by atoms with van der Waals surface area (Å²) in [6, 6.07) is 12.8. The zero-order valence-corrected chi connectivity index (χ0v) is 38.4. The lowest BCUT2D eigenvalue weighted by atomic mass is 10.1. The van der Waals surface area contributed by atoms with Crippen LogP contribution in [0.2, 0.25) is 0 Å². The summed E-state index contributed by atoms with van der Waals surface area (Å²) in [6.45, 7) is -4.83. The molecular weight excluding hydrogens is 983 g/mol. The van der Waals surface area contributed by atoms with Crippen LogP contribution in [0.15, 0.2) is 83.0 Å². The Balaban J connectivity index is -0.00000269. The number of hydrogen-bond donors (Lipinski definition) is 3. The molecular formula is C44H55F2N7O14P2S. The predicted molar refractivity (Wildman–Crippen MR) is 265 cm³/mol. The van der Waals surface area contributed by atoms with E-state index in [2.05, 4.69) is 74.3 Å². The number of phosphoric ester groups is 1. The van der Waals surface area contributed by atoms with E-state index in [0.29, 0.717) is 27.3 Å². The number of imidazole rings is 1. The van der Waals surface area contributed by atoms with Crippen molar-refractivity contribution in [3.63, 3.8) is 0 Å². The number of nitrogen functional groups attached to an aromatic ring is 1. The van der Waals surface area contributed by atoms with Gasteiger partial charge in [0.1, 0.15) is 53.9 Å². The van der Waals surface area contributed by atoms with E-state index in [1.54, 1.807) is 6.92 Å². The maximum atomic E-state index is 16.5. The summed E-state index contributed by atoms with van der Waals surface area (Å²) < 4.78 is 108. The number of aromatic amines is 1. The minimum Gasteiger partial charge on any atom is -0.423 e. The number of nitrogens with two attached hydrogens (primary N) is 1. The molecule has 1 unspecified atom stereocenters. The highest BCUT2D eigenvalue weighted by atomic mass is 32.7. The molecule has 3 saturated heterocycles. The van der Waals surface area contributed by atoms with Gasteiger partial charge < -0.3 is 29.6 Å². The number of alkyl halides is 2. The number of nitrogens with one attached hydrogen (secondary N) is 1. The van der Waals surface area contributed by atoms with E-state index in [1.807, 2.05) is 4.98 Å². The second-order valence-electron chi connectivity index (χ2n) is 14.6. The number of rotatable bonds is 8. The number of carbonyl (C=O) groups excluding carboxylic acids is 1. The van der Waals surface area contributed by atoms with Gasteiger partial charge in [-0.3, -0.25) is 37.0 Å². The van der Waals surface area contributed by atoms with E-state index in [4.69, 9.17) is 42.8 Å². The molecule has 3 aliphatic heterocycles. The summed E-state index contributed by atoms with van der Waals surface area (Å²) in [6.07, 6.45) is -9.57. The largest absolute Gasteiger partial charge is 0.472 e. The topological polar surface area (TPSA) is 270 Å². The molecule has 26 heteroatoms. The highest BCUT2D eigenvalue weighted by Gasteiger charge is 2.55. The number of halogens is 2. The SMILES string of the molecule is CC#CC#CC#CC#CC#COc1ccc(C(=O)Oc2ccc(CS[P@]3(=O)OC[C@H]4O[C@@H](n5cnc6c(N)ncnc65)[C@H](F)[C@@H]4OP(=O)(O)OC[C@H]4O[C@@H](n5ccc(=O)[nH]c5=O)[C@H](F)[C@@H]4O3)cc2)cc1.[HH].[HH].[HH].[HH].[HH].[HH].[HH].[HH].[HH].[HH].[HH]. The molecule has 21 nitrogen and oxygen atoms in total. The fourth-order valence-electron chi connectivity index (χ4n) is 6.80. The number of fused-ring (bicyclic) bond motifs is 3. The monoisotopic (exact) mass is 1040 g/mol. The molecule has 5 aromatic rings. The van der Waals surface area contributed by atoms with Crippen LogP contribution in [0.5, 0.6) is 11.5 Å². The van der Waals surface area contributed by atoms with Crippen LogP contribution in [0.4, 0.5) is 14.6 Å². The number of H-pyrrole nitrogens is 1. The molecule has 3 aromatic heterocycles. The highest BCUT2D eigenvalue weighted by Crippen LogP contribution is 2.65. The van der Waals surface area contributed by atoms with Crippen LogP contribution in [0, 0.1) is 59.4 Å². The first kappa shape index (κ1) is 49.4. The predicted octanol–water partition coefficient (Wildman–Crippen LogP) is 6.69. The van der Waals surface area contributed by atoms with Gasteiger partial charge in [0.15, 0.2) is 36.3 Å². The zero-order chi connectivity index (χ0) is 49.4. The third-order valence-corrected chi connectivity index (χ3v) is 14.7. The Labute approximate surface area is 414 Å². The molecule has 3 aliphatic rings. The second kappa shape index (κ2) is 21.7. The van der Waals surface area contributed by atoms with Gasteiger partial charge >= 0.3 is 26.3 Å². The van der Waals surface area contributed by atoms with Crippen molar-refractivity contribution in [1.82, 2.24) is 29.1 Å². The van der Waals surface area contributed by atoms with Gasteiger partial charge in [0, 0.05) is 57.4 Å². The smallest absolute Gasteiger partial charge is 0.423 e. The molecule has 0 bridgehead atoms. The van der Waals surface area contributed by atoms with Gasteiger partial charge in [0.25, 0.3) is 5.56 Å². The lowest BCUT2D eigenvalue weighted by Gasteiger charge is -2.29. The van der Waals surface area contributed by atoms with Crippen molar-refractivity contribution < 1.29 is 80.3 Å². The number of benzene rings is 2. The van der Waals surface area contributed by atoms with Crippen molar-refractivity contribution in [2.45, 2.75) is 61.9 Å². The maximum absolute atomic E-state index is 16.5. The maximum Gasteiger partial charge on any atom is 0.472 e. The average molecular weight is 1040 g/mol. The van der Waals surface area contributed by atoms with E-state index in [1.165, 1.54) is 48.5 Å². The summed E-state index contributed by atoms with van der Waals surface area (Å²) in [7, 11) is -5.26. The fourth-order valence-corrected chi connectivity index (χ4v) is 11.1. The third-order valence-electron chi connectivity index (χ3n) is 10.0. The first-order valence-corrected chi connectivity index (χ1v) is 24.9. The first-order valence-electron chi connectivity index (χ1n) is 20.3. The molecule has 4 N–H and O–H groups in total. The lowest BCUT2D eigenvalue weighted by Crippen LogP contribution is -2.38. The number of anilines is 1. The lowest BCUT2D eigenvalue weighted by molar-refractivity contribution is -0.0619. The Bertz CT molecular complexity index is 3400. The van der Waals surface area contributed by atoms with E-state index >= 15 is 8.78 Å². The zero-order valence-electron chi connectivity index (χ0n) is 35.8. The van der Waals surface area contributed by atoms with Crippen LogP contribution in [0.1, 0.15) is 51.0 Å². The first-order chi connectivity index (χ1) is 33.7. The molecule has 0 amide bonds. The number of phosphoric acid groups is 1. The van der Waals surface area contributed by atoms with Crippen molar-refractivity contribution in [2.24, 2.45) is 0 Å². The number of hydrogen-bond acceptors (Lipinski definition) is 18. The van der Waals surface area contributed by atoms with E-state index < -0.39 is 94.3 Å². The molecule has 380 valence electrons. The Morgan fingerprint density at radius 2 is 1.49 bits per heavy atom. The molecule has 0 spiro atoms. The highest BCUT2D eigenvalue weighted by molar-refractivity contribution is 8.54. The van der Waals surface area contributed by atoms with Crippen LogP contribution >= 0.6 is 26.0 Å². The molecule has 3 fully saturated rings. The Kier molecular flexibility index (Phi) is 15.3. The van der Waals surface area contributed by atoms with Crippen molar-refractivity contribution in [1.29, 1.82) is 0 Å². The fraction of sp³-hybridized carbons (Fsp3) is 0.273. The molecule has 10 atom stereocenters. The quantitative estimate of drug-likeness (QED) is 0.0632. The van der Waals surface area contributed by atoms with Crippen LogP contribution < -0.4 is 26.5 Å². The summed E-state index contributed by atoms with van der Waals surface area (Å²) in [5.41, 5.74) is 4.83. The van der Waals surface area contributed by atoms with Crippen molar-refractivity contribution >= 4 is 49.0 Å². The molecule has 2 aromatic carbocycles. The van der Waals surface area contributed by atoms with E-state index in [9.17, 15) is 28.4 Å². The van der Waals surface area contributed by atoms with E-state index in [0.717, 1.165) is 29.5 Å². The standard InChI is InChI=1S/C44H33F2N7O14P2S.11H2/c1-2-3-4-5-6-7-8-9-10-21-60-29-17-13-28(14-18-29)43(55)63-30-15-11-27(12-16-30)24-70-69(59)62-23-32-37(34(45)42(65-32)53-26-50-36-39(47)48-25-49-40(36)53)66-68(57,58)61-22-31-38(67-69)35(46)41(64-31)52-20-19-33(54)51-44(52)56;;;;;;;;;;;/h11-20,25-26,31-32,34-35,37-38,41-42H,22-24H2,1H3,(H,57,58)(H2,47,48,49)(H,51,54,56);11*1H/t31-,32-,34-,35-,37-,38-,41-,42-,69-;;;;;;;;;;;/m1.........../s1. The van der Waals surface area contributed by atoms with Crippen molar-refractivity contribution in [3.05, 3.63) is 105 Å². The number of ether oxygens (including phenoxy) is 4. The van der Waals surface area contributed by atoms with Crippen LogP contribution in [-0.2, 0) is 42.5 Å².